The van der Waals surface area contributed by atoms with Gasteiger partial charge in [0.15, 0.2) is 0 Å². The Hall–Kier alpha value is -2.74. The van der Waals surface area contributed by atoms with Crippen LogP contribution in [0.2, 0.25) is 0 Å². The van der Waals surface area contributed by atoms with E-state index in [4.69, 9.17) is 10.7 Å². The number of benzene rings is 1. The molecule has 0 aliphatic carbocycles. The summed E-state index contributed by atoms with van der Waals surface area (Å²) in [5.74, 6) is -1.41. The zero-order chi connectivity index (χ0) is 19.7. The maximum absolute atomic E-state index is 11.7. The summed E-state index contributed by atoms with van der Waals surface area (Å²) in [6, 6.07) is 8.99. The molecule has 1 fully saturated rings. The van der Waals surface area contributed by atoms with Gasteiger partial charge in [-0.3, -0.25) is 20.8 Å². The number of rotatable bonds is 4. The van der Waals surface area contributed by atoms with Crippen molar-refractivity contribution in [2.45, 2.75) is 33.6 Å². The van der Waals surface area contributed by atoms with E-state index in [0.717, 1.165) is 5.56 Å². The summed E-state index contributed by atoms with van der Waals surface area (Å²) in [6.45, 7) is 12.3. The molecule has 0 saturated carbocycles. The van der Waals surface area contributed by atoms with Crippen molar-refractivity contribution in [3.8, 4) is 6.07 Å². The maximum atomic E-state index is 11.7. The van der Waals surface area contributed by atoms with Crippen molar-refractivity contribution in [3.63, 3.8) is 0 Å². The number of nitrogens with zero attached hydrogens (tertiary/aromatic N) is 2. The van der Waals surface area contributed by atoms with Gasteiger partial charge >= 0.3 is 0 Å². The number of hydrogen-bond donors (Lipinski definition) is 2. The van der Waals surface area contributed by atoms with Gasteiger partial charge in [0, 0.05) is 11.5 Å². The first-order valence-corrected chi connectivity index (χ1v) is 8.85. The number of carbonyl (C=O) groups is 2. The monoisotopic (exact) mass is 354 g/mol. The SMILES string of the molecule is CC[NH+](CC)CC.Cc1ccccc1C1C(=C=[N-])C(=O)NC(=O)C1C#N. The molecule has 1 aliphatic heterocycles. The van der Waals surface area contributed by atoms with Gasteiger partial charge in [0.05, 0.1) is 25.7 Å². The molecule has 6 nitrogen and oxygen atoms in total. The molecule has 26 heavy (non-hydrogen) atoms. The fourth-order valence-electron chi connectivity index (χ4n) is 2.99. The Labute approximate surface area is 155 Å². The van der Waals surface area contributed by atoms with Crippen molar-refractivity contribution in [1.82, 2.24) is 5.32 Å². The predicted molar refractivity (Wildman–Crippen MR) is 101 cm³/mol. The van der Waals surface area contributed by atoms with E-state index in [9.17, 15) is 9.59 Å². The number of nitrogens with one attached hydrogen (secondary N) is 2. The quantitative estimate of drug-likeness (QED) is 0.479. The van der Waals surface area contributed by atoms with Crippen LogP contribution in [0.25, 0.3) is 5.41 Å². The first kappa shape index (κ1) is 21.3. The van der Waals surface area contributed by atoms with Gasteiger partial charge < -0.3 is 10.3 Å². The molecule has 2 atom stereocenters. The lowest BCUT2D eigenvalue weighted by Crippen LogP contribution is -3.11. The minimum atomic E-state index is -1.06. The molecule has 0 spiro atoms. The van der Waals surface area contributed by atoms with E-state index in [1.54, 1.807) is 17.0 Å². The van der Waals surface area contributed by atoms with Gasteiger partial charge in [-0.25, -0.2) is 0 Å². The number of imide groups is 1. The van der Waals surface area contributed by atoms with Gasteiger partial charge in [-0.1, -0.05) is 24.3 Å². The van der Waals surface area contributed by atoms with Crippen LogP contribution in [-0.2, 0) is 9.59 Å². The summed E-state index contributed by atoms with van der Waals surface area (Å²) in [5.41, 5.74) is 1.40. The van der Waals surface area contributed by atoms with Crippen LogP contribution in [0.4, 0.5) is 0 Å². The summed E-state index contributed by atoms with van der Waals surface area (Å²) in [6.07, 6.45) is 0. The van der Waals surface area contributed by atoms with E-state index in [0.29, 0.717) is 5.56 Å². The van der Waals surface area contributed by atoms with Gasteiger partial charge in [-0.15, -0.1) is 0 Å². The molecule has 2 amide bonds. The van der Waals surface area contributed by atoms with Crippen molar-refractivity contribution >= 4 is 17.7 Å². The van der Waals surface area contributed by atoms with Crippen LogP contribution < -0.4 is 10.2 Å². The van der Waals surface area contributed by atoms with E-state index in [1.807, 2.05) is 36.3 Å². The first-order chi connectivity index (χ1) is 12.4. The summed E-state index contributed by atoms with van der Waals surface area (Å²) >= 11 is 0. The molecule has 2 N–H and O–H groups in total. The topological polar surface area (TPSA) is 96.7 Å². The second kappa shape index (κ2) is 10.3. The molecule has 1 saturated heterocycles. The van der Waals surface area contributed by atoms with Crippen LogP contribution in [0.1, 0.15) is 37.8 Å². The third-order valence-electron chi connectivity index (χ3n) is 4.69. The fourth-order valence-corrected chi connectivity index (χ4v) is 2.99. The predicted octanol–water partition coefficient (Wildman–Crippen LogP) is 0.971. The molecule has 2 unspecified atom stereocenters. The molecule has 1 aliphatic rings. The Bertz CT molecular complexity index is 735. The number of piperidine rings is 1. The first-order valence-electron chi connectivity index (χ1n) is 8.85. The molecule has 1 aromatic carbocycles. The highest BCUT2D eigenvalue weighted by Gasteiger charge is 2.40. The Morgan fingerprint density at radius 1 is 1.15 bits per heavy atom. The van der Waals surface area contributed by atoms with E-state index in [-0.39, 0.29) is 5.57 Å². The second-order valence-corrected chi connectivity index (χ2v) is 6.10. The highest BCUT2D eigenvalue weighted by Crippen LogP contribution is 2.35. The lowest BCUT2D eigenvalue weighted by atomic mass is 9.77. The van der Waals surface area contributed by atoms with Crippen molar-refractivity contribution in [2.24, 2.45) is 5.92 Å². The lowest BCUT2D eigenvalue weighted by Gasteiger charge is -2.29. The zero-order valence-corrected chi connectivity index (χ0v) is 15.8. The minimum Gasteiger partial charge on any atom is -0.763 e. The number of nitriles is 1. The van der Waals surface area contributed by atoms with Gasteiger partial charge in [-0.05, 0) is 38.8 Å². The smallest absolute Gasteiger partial charge is 0.260 e. The number of amides is 2. The average Bonchev–Trinajstić information content (AvgIpc) is 2.64. The Morgan fingerprint density at radius 3 is 2.15 bits per heavy atom. The largest absolute Gasteiger partial charge is 0.763 e. The third kappa shape index (κ3) is 4.89. The molecule has 138 valence electrons. The van der Waals surface area contributed by atoms with E-state index in [2.05, 4.69) is 20.8 Å². The molecule has 1 aromatic rings. The molecule has 2 rings (SSSR count). The van der Waals surface area contributed by atoms with Crippen LogP contribution in [0.5, 0.6) is 0 Å². The van der Waals surface area contributed by atoms with Gasteiger partial charge in [0.25, 0.3) is 5.91 Å². The Morgan fingerprint density at radius 2 is 1.73 bits per heavy atom. The summed E-state index contributed by atoms with van der Waals surface area (Å²) < 4.78 is 0. The minimum absolute atomic E-state index is 0.0968. The molecular formula is C20H26N4O2. The van der Waals surface area contributed by atoms with Crippen molar-refractivity contribution < 1.29 is 14.5 Å². The summed E-state index contributed by atoms with van der Waals surface area (Å²) in [7, 11) is 0. The van der Waals surface area contributed by atoms with Crippen LogP contribution in [0.3, 0.4) is 0 Å². The summed E-state index contributed by atoms with van der Waals surface area (Å²) in [4.78, 5) is 25.1. The van der Waals surface area contributed by atoms with Crippen molar-refractivity contribution in [2.75, 3.05) is 19.6 Å². The van der Waals surface area contributed by atoms with Crippen LogP contribution in [0.15, 0.2) is 29.8 Å². The van der Waals surface area contributed by atoms with Crippen LogP contribution in [-0.4, -0.2) is 37.3 Å². The Kier molecular flexibility index (Phi) is 8.44. The van der Waals surface area contributed by atoms with E-state index >= 15 is 0 Å². The van der Waals surface area contributed by atoms with Crippen molar-refractivity contribution in [1.29, 1.82) is 5.26 Å². The third-order valence-corrected chi connectivity index (χ3v) is 4.69. The number of carbonyl (C=O) groups excluding carboxylic acids is 2. The summed E-state index contributed by atoms with van der Waals surface area (Å²) in [5, 5.41) is 20.3. The normalized spacial score (nSPS) is 19.2. The number of hydrogen-bond acceptors (Lipinski definition) is 3. The average molecular weight is 354 g/mol. The molecule has 0 bridgehead atoms. The van der Waals surface area contributed by atoms with E-state index in [1.165, 1.54) is 19.6 Å². The molecule has 6 heteroatoms. The maximum Gasteiger partial charge on any atom is 0.260 e. The van der Waals surface area contributed by atoms with Gasteiger partial charge in [-0.2, -0.15) is 5.26 Å². The van der Waals surface area contributed by atoms with E-state index < -0.39 is 23.7 Å². The fraction of sp³-hybridized carbons (Fsp3) is 0.450. The Balaban J connectivity index is 0.000000412. The van der Waals surface area contributed by atoms with Gasteiger partial charge in [0.2, 0.25) is 5.91 Å². The highest BCUT2D eigenvalue weighted by molar-refractivity contribution is 6.14. The second-order valence-electron chi connectivity index (χ2n) is 6.10. The van der Waals surface area contributed by atoms with Gasteiger partial charge in [0.1, 0.15) is 5.92 Å². The lowest BCUT2D eigenvalue weighted by molar-refractivity contribution is -0.894. The molecule has 0 radical (unpaired) electrons. The highest BCUT2D eigenvalue weighted by atomic mass is 16.2. The van der Waals surface area contributed by atoms with Crippen LogP contribution in [0, 0.1) is 24.2 Å². The van der Waals surface area contributed by atoms with Crippen LogP contribution >= 0.6 is 0 Å². The molecule has 1 heterocycles. The van der Waals surface area contributed by atoms with Crippen molar-refractivity contribution in [3.05, 3.63) is 46.4 Å². The zero-order valence-electron chi connectivity index (χ0n) is 15.8. The standard InChI is InChI=1S/C14H10N3O2.C6H15N/c1-8-4-2-3-5-9(8)12-10(6-15)13(18)17-14(19)11(12)7-16;1-4-7(5-2)6-3/h2-5,10,12H,1H3,(H,17,18,19);4-6H2,1-3H3/q-1;/p+1. The number of quaternary nitrogens is 1. The number of aryl methyl sites for hydroxylation is 1. The molecular weight excluding hydrogens is 328 g/mol. The molecule has 0 aromatic heterocycles.